The van der Waals surface area contributed by atoms with Gasteiger partial charge in [-0.2, -0.15) is 0 Å². The van der Waals surface area contributed by atoms with Gasteiger partial charge >= 0.3 is 0 Å². The summed E-state index contributed by atoms with van der Waals surface area (Å²) in [7, 11) is -3.17. The van der Waals surface area contributed by atoms with Crippen LogP contribution in [0.5, 0.6) is 0 Å². The highest BCUT2D eigenvalue weighted by Crippen LogP contribution is 2.42. The molecule has 0 fully saturated rings. The van der Waals surface area contributed by atoms with E-state index in [4.69, 9.17) is 0 Å². The maximum atomic E-state index is 12.1. The van der Waals surface area contributed by atoms with Crippen molar-refractivity contribution in [1.29, 1.82) is 0 Å². The van der Waals surface area contributed by atoms with E-state index in [1.807, 2.05) is 0 Å². The van der Waals surface area contributed by atoms with E-state index in [-0.39, 0.29) is 4.83 Å². The van der Waals surface area contributed by atoms with Gasteiger partial charge in [-0.15, -0.1) is 0 Å². The molecule has 1 unspecified atom stereocenters. The third-order valence-corrected chi connectivity index (χ3v) is 8.33. The van der Waals surface area contributed by atoms with E-state index in [2.05, 4.69) is 61.8 Å². The van der Waals surface area contributed by atoms with Crippen LogP contribution in [0.1, 0.15) is 74.9 Å². The summed E-state index contributed by atoms with van der Waals surface area (Å²) in [6.45, 7) is 12.2. The summed E-state index contributed by atoms with van der Waals surface area (Å²) in [5, 5.41) is 0. The lowest BCUT2D eigenvalue weighted by atomic mass is 9.88. The van der Waals surface area contributed by atoms with Crippen molar-refractivity contribution in [3.05, 3.63) is 34.9 Å². The van der Waals surface area contributed by atoms with Crippen LogP contribution in [-0.2, 0) is 9.84 Å². The first-order valence-electron chi connectivity index (χ1n) is 7.37. The molecule has 0 aliphatic heterocycles. The zero-order chi connectivity index (χ0) is 16.6. The maximum Gasteiger partial charge on any atom is 0.154 e. The summed E-state index contributed by atoms with van der Waals surface area (Å²) < 4.78 is 23.3. The van der Waals surface area contributed by atoms with E-state index in [9.17, 15) is 8.42 Å². The molecule has 2 nitrogen and oxygen atoms in total. The van der Waals surface area contributed by atoms with Gasteiger partial charge in [0.1, 0.15) is 0 Å². The molecule has 0 bridgehead atoms. The Balaban J connectivity index is 3.43. The van der Waals surface area contributed by atoms with Gasteiger partial charge in [-0.1, -0.05) is 61.8 Å². The van der Waals surface area contributed by atoms with Gasteiger partial charge in [0.2, 0.25) is 0 Å². The third-order valence-electron chi connectivity index (χ3n) is 4.24. The molecule has 120 valence electrons. The van der Waals surface area contributed by atoms with Crippen molar-refractivity contribution >= 4 is 25.8 Å². The van der Waals surface area contributed by atoms with Gasteiger partial charge in [0, 0.05) is 6.26 Å². The molecule has 0 aliphatic rings. The topological polar surface area (TPSA) is 34.1 Å². The van der Waals surface area contributed by atoms with Crippen LogP contribution in [0.2, 0.25) is 0 Å². The van der Waals surface area contributed by atoms with E-state index in [0.29, 0.717) is 11.8 Å². The number of benzene rings is 1. The second-order valence-corrected chi connectivity index (χ2v) is 10.4. The summed E-state index contributed by atoms with van der Waals surface area (Å²) in [5.74, 6) is 0.822. The van der Waals surface area contributed by atoms with Crippen molar-refractivity contribution in [2.24, 2.45) is 0 Å². The van der Waals surface area contributed by atoms with E-state index < -0.39 is 14.6 Å². The Kier molecular flexibility index (Phi) is 5.71. The van der Waals surface area contributed by atoms with Crippen LogP contribution >= 0.6 is 15.9 Å². The molecule has 1 rings (SSSR count). The fourth-order valence-electron chi connectivity index (χ4n) is 2.25. The Bertz CT molecular complexity index is 601. The number of rotatable bonds is 5. The number of halogens is 1. The van der Waals surface area contributed by atoms with Crippen molar-refractivity contribution in [3.63, 3.8) is 0 Å². The molecule has 4 heteroatoms. The molecule has 0 aromatic heterocycles. The molecular weight excluding hydrogens is 348 g/mol. The van der Waals surface area contributed by atoms with Crippen LogP contribution in [0.4, 0.5) is 0 Å². The minimum Gasteiger partial charge on any atom is -0.229 e. The first kappa shape index (κ1) is 18.7. The Morgan fingerprint density at radius 3 is 1.90 bits per heavy atom. The Hall–Kier alpha value is -0.350. The summed E-state index contributed by atoms with van der Waals surface area (Å²) >= 11 is 3.64. The van der Waals surface area contributed by atoms with Gasteiger partial charge in [0.25, 0.3) is 0 Å². The summed E-state index contributed by atoms with van der Waals surface area (Å²) in [5.41, 5.74) is 3.59. The summed E-state index contributed by atoms with van der Waals surface area (Å²) in [6, 6.07) is 6.41. The Morgan fingerprint density at radius 2 is 1.52 bits per heavy atom. The zero-order valence-electron chi connectivity index (χ0n) is 14.1. The average Bonchev–Trinajstić information content (AvgIpc) is 2.35. The van der Waals surface area contributed by atoms with E-state index in [0.717, 1.165) is 5.56 Å². The first-order chi connectivity index (χ1) is 9.39. The van der Waals surface area contributed by atoms with Crippen LogP contribution in [-0.4, -0.2) is 19.4 Å². The molecule has 0 N–H and O–H groups in total. The Labute approximate surface area is 138 Å². The third kappa shape index (κ3) is 3.89. The monoisotopic (exact) mass is 374 g/mol. The molecule has 0 saturated heterocycles. The van der Waals surface area contributed by atoms with Crippen LogP contribution in [0.15, 0.2) is 18.2 Å². The van der Waals surface area contributed by atoms with Crippen LogP contribution in [0.25, 0.3) is 0 Å². The van der Waals surface area contributed by atoms with Gasteiger partial charge < -0.3 is 0 Å². The largest absolute Gasteiger partial charge is 0.229 e. The standard InChI is InChI=1S/C17H27BrO2S/c1-11(2)13-8-9-14(15(10-13)12(3)4)16(18)17(5,6)21(7,19)20/h8-12,16H,1-7H3. The molecule has 0 spiro atoms. The molecule has 1 aromatic rings. The molecule has 1 atom stereocenters. The SMILES string of the molecule is CC(C)c1ccc(C(Br)C(C)(C)S(C)(=O)=O)c(C(C)C)c1. The van der Waals surface area contributed by atoms with Crippen LogP contribution < -0.4 is 0 Å². The number of hydrogen-bond donors (Lipinski definition) is 0. The maximum absolute atomic E-state index is 12.1. The average molecular weight is 375 g/mol. The van der Waals surface area contributed by atoms with Crippen molar-refractivity contribution in [2.45, 2.75) is 63.0 Å². The lowest BCUT2D eigenvalue weighted by Gasteiger charge is -2.31. The molecule has 0 amide bonds. The highest BCUT2D eigenvalue weighted by Gasteiger charge is 2.39. The highest BCUT2D eigenvalue weighted by molar-refractivity contribution is 9.09. The summed E-state index contributed by atoms with van der Waals surface area (Å²) in [6.07, 6.45) is 1.30. The van der Waals surface area contributed by atoms with Gasteiger partial charge in [0.15, 0.2) is 9.84 Å². The van der Waals surface area contributed by atoms with Gasteiger partial charge in [-0.3, -0.25) is 0 Å². The number of hydrogen-bond acceptors (Lipinski definition) is 2. The molecule has 21 heavy (non-hydrogen) atoms. The zero-order valence-corrected chi connectivity index (χ0v) is 16.5. The normalized spacial score (nSPS) is 14.8. The van der Waals surface area contributed by atoms with E-state index in [1.54, 1.807) is 13.8 Å². The number of alkyl halides is 1. The van der Waals surface area contributed by atoms with Crippen LogP contribution in [0, 0.1) is 0 Å². The highest BCUT2D eigenvalue weighted by atomic mass is 79.9. The molecule has 1 aromatic carbocycles. The molecule has 0 heterocycles. The second kappa shape index (κ2) is 6.41. The predicted molar refractivity (Wildman–Crippen MR) is 95.2 cm³/mol. The first-order valence-corrected chi connectivity index (χ1v) is 10.2. The molecular formula is C17H27BrO2S. The fraction of sp³-hybridized carbons (Fsp3) is 0.647. The number of sulfone groups is 1. The van der Waals surface area contributed by atoms with Gasteiger partial charge in [-0.25, -0.2) is 8.42 Å². The predicted octanol–water partition coefficient (Wildman–Crippen LogP) is 5.19. The summed E-state index contributed by atoms with van der Waals surface area (Å²) in [4.78, 5) is -0.224. The lowest BCUT2D eigenvalue weighted by Crippen LogP contribution is -2.35. The molecule has 0 radical (unpaired) electrons. The molecule has 0 aliphatic carbocycles. The smallest absolute Gasteiger partial charge is 0.154 e. The minimum atomic E-state index is -3.17. The van der Waals surface area contributed by atoms with Crippen molar-refractivity contribution in [2.75, 3.05) is 6.26 Å². The Morgan fingerprint density at radius 1 is 1.00 bits per heavy atom. The second-order valence-electron chi connectivity index (χ2n) is 6.94. The van der Waals surface area contributed by atoms with E-state index in [1.165, 1.54) is 17.4 Å². The fourth-order valence-corrected chi connectivity index (χ4v) is 4.18. The molecule has 0 saturated carbocycles. The van der Waals surface area contributed by atoms with Gasteiger partial charge in [0.05, 0.1) is 9.57 Å². The van der Waals surface area contributed by atoms with Gasteiger partial charge in [-0.05, 0) is 42.4 Å². The van der Waals surface area contributed by atoms with Crippen molar-refractivity contribution < 1.29 is 8.42 Å². The van der Waals surface area contributed by atoms with Crippen molar-refractivity contribution in [1.82, 2.24) is 0 Å². The lowest BCUT2D eigenvalue weighted by molar-refractivity contribution is 0.547. The van der Waals surface area contributed by atoms with E-state index >= 15 is 0 Å². The minimum absolute atomic E-state index is 0.224. The van der Waals surface area contributed by atoms with Crippen molar-refractivity contribution in [3.8, 4) is 0 Å². The van der Waals surface area contributed by atoms with Crippen LogP contribution in [0.3, 0.4) is 0 Å². The quantitative estimate of drug-likeness (QED) is 0.664.